The number of nitrogens with one attached hydrogen (secondary N) is 1. The second-order valence-corrected chi connectivity index (χ2v) is 6.37. The lowest BCUT2D eigenvalue weighted by molar-refractivity contribution is 0.0565. The van der Waals surface area contributed by atoms with Gasteiger partial charge in [0, 0.05) is 51.2 Å². The number of piperazine rings is 1. The third-order valence-electron chi connectivity index (χ3n) is 4.37. The molecule has 0 aromatic carbocycles. The Labute approximate surface area is 163 Å². The summed E-state index contributed by atoms with van der Waals surface area (Å²) in [6, 6.07) is 5.49. The number of ether oxygens (including phenoxy) is 1. The normalized spacial score (nSPS) is 13.9. The van der Waals surface area contributed by atoms with Crippen LogP contribution < -0.4 is 5.32 Å². The van der Waals surface area contributed by atoms with Crippen molar-refractivity contribution >= 4 is 17.8 Å². The molecule has 1 saturated heterocycles. The largest absolute Gasteiger partial charge is 0.450 e. The molecule has 9 nitrogen and oxygen atoms in total. The summed E-state index contributed by atoms with van der Waals surface area (Å²) in [7, 11) is 0. The van der Waals surface area contributed by atoms with Gasteiger partial charge in [0.05, 0.1) is 6.61 Å². The van der Waals surface area contributed by atoms with Gasteiger partial charge in [-0.05, 0) is 31.5 Å². The molecule has 2 aromatic heterocycles. The fourth-order valence-electron chi connectivity index (χ4n) is 2.93. The first-order chi connectivity index (χ1) is 13.6. The molecule has 0 saturated carbocycles. The molecule has 28 heavy (non-hydrogen) atoms. The Bertz CT molecular complexity index is 822. The van der Waals surface area contributed by atoms with Gasteiger partial charge in [-0.25, -0.2) is 14.8 Å². The van der Waals surface area contributed by atoms with Crippen molar-refractivity contribution in [2.75, 3.05) is 38.1 Å². The van der Waals surface area contributed by atoms with E-state index in [9.17, 15) is 9.59 Å². The molecule has 3 rings (SSSR count). The van der Waals surface area contributed by atoms with Gasteiger partial charge in [-0.1, -0.05) is 0 Å². The molecule has 0 unspecified atom stereocenters. The topological polar surface area (TPSA) is 101 Å². The third-order valence-corrected chi connectivity index (χ3v) is 4.37. The minimum Gasteiger partial charge on any atom is -0.450 e. The molecule has 0 bridgehead atoms. The van der Waals surface area contributed by atoms with Crippen LogP contribution in [0, 0.1) is 6.92 Å². The number of pyridine rings is 1. The first-order valence-electron chi connectivity index (χ1n) is 9.26. The zero-order valence-electron chi connectivity index (χ0n) is 16.1. The van der Waals surface area contributed by atoms with Crippen LogP contribution in [-0.2, 0) is 11.3 Å². The molecule has 0 aliphatic carbocycles. The standard InChI is InChI=1S/C19H24N6O3/c1-3-28-19(27)25-10-8-24(9-11-25)18(26)16-12-17(23-14(2)22-16)21-13-15-4-6-20-7-5-15/h4-7,12H,3,8-11,13H2,1-2H3,(H,21,22,23). The number of carbonyl (C=O) groups excluding carboxylic acids is 2. The maximum Gasteiger partial charge on any atom is 0.409 e. The van der Waals surface area contributed by atoms with Gasteiger partial charge in [0.25, 0.3) is 5.91 Å². The Morgan fingerprint density at radius 2 is 1.79 bits per heavy atom. The van der Waals surface area contributed by atoms with Crippen LogP contribution in [0.4, 0.5) is 10.6 Å². The Balaban J connectivity index is 1.62. The van der Waals surface area contributed by atoms with Gasteiger partial charge in [0.2, 0.25) is 0 Å². The molecule has 9 heteroatoms. The van der Waals surface area contributed by atoms with E-state index < -0.39 is 0 Å². The summed E-state index contributed by atoms with van der Waals surface area (Å²) in [4.78, 5) is 40.6. The maximum atomic E-state index is 12.8. The highest BCUT2D eigenvalue weighted by molar-refractivity contribution is 5.93. The molecular formula is C19H24N6O3. The van der Waals surface area contributed by atoms with Crippen molar-refractivity contribution in [1.29, 1.82) is 0 Å². The Morgan fingerprint density at radius 3 is 2.46 bits per heavy atom. The molecule has 2 aromatic rings. The van der Waals surface area contributed by atoms with Crippen molar-refractivity contribution in [1.82, 2.24) is 24.8 Å². The highest BCUT2D eigenvalue weighted by Gasteiger charge is 2.26. The van der Waals surface area contributed by atoms with Crippen LogP contribution in [0.25, 0.3) is 0 Å². The number of amides is 2. The number of aromatic nitrogens is 3. The fourth-order valence-corrected chi connectivity index (χ4v) is 2.93. The number of hydrogen-bond donors (Lipinski definition) is 1. The van der Waals surface area contributed by atoms with Crippen molar-refractivity contribution in [3.63, 3.8) is 0 Å². The van der Waals surface area contributed by atoms with E-state index in [1.807, 2.05) is 12.1 Å². The van der Waals surface area contributed by atoms with Gasteiger partial charge in [0.15, 0.2) is 0 Å². The summed E-state index contributed by atoms with van der Waals surface area (Å²) in [6.07, 6.45) is 3.12. The molecule has 148 valence electrons. The Hall–Kier alpha value is -3.23. The van der Waals surface area contributed by atoms with Crippen LogP contribution in [0.15, 0.2) is 30.6 Å². The second-order valence-electron chi connectivity index (χ2n) is 6.37. The van der Waals surface area contributed by atoms with Crippen molar-refractivity contribution < 1.29 is 14.3 Å². The van der Waals surface area contributed by atoms with Crippen LogP contribution >= 0.6 is 0 Å². The van der Waals surface area contributed by atoms with Gasteiger partial charge in [0.1, 0.15) is 17.3 Å². The lowest BCUT2D eigenvalue weighted by Crippen LogP contribution is -2.50. The molecule has 1 fully saturated rings. The Morgan fingerprint density at radius 1 is 1.11 bits per heavy atom. The zero-order chi connectivity index (χ0) is 19.9. The Kier molecular flexibility index (Phi) is 6.36. The van der Waals surface area contributed by atoms with Crippen molar-refractivity contribution in [3.05, 3.63) is 47.7 Å². The summed E-state index contributed by atoms with van der Waals surface area (Å²) in [5, 5.41) is 3.22. The van der Waals surface area contributed by atoms with Crippen LogP contribution in [0.2, 0.25) is 0 Å². The van der Waals surface area contributed by atoms with Crippen molar-refractivity contribution in [2.45, 2.75) is 20.4 Å². The number of nitrogens with zero attached hydrogens (tertiary/aromatic N) is 5. The zero-order valence-corrected chi connectivity index (χ0v) is 16.1. The number of hydrogen-bond acceptors (Lipinski definition) is 7. The van der Waals surface area contributed by atoms with E-state index in [0.717, 1.165) is 5.56 Å². The van der Waals surface area contributed by atoms with E-state index in [1.165, 1.54) is 0 Å². The third kappa shape index (κ3) is 4.93. The predicted molar refractivity (Wildman–Crippen MR) is 103 cm³/mol. The van der Waals surface area contributed by atoms with Crippen molar-refractivity contribution in [3.8, 4) is 0 Å². The van der Waals surface area contributed by atoms with Gasteiger partial charge < -0.3 is 19.9 Å². The highest BCUT2D eigenvalue weighted by atomic mass is 16.6. The minimum absolute atomic E-state index is 0.166. The lowest BCUT2D eigenvalue weighted by atomic mass is 10.2. The summed E-state index contributed by atoms with van der Waals surface area (Å²) in [5.74, 6) is 0.951. The maximum absolute atomic E-state index is 12.8. The quantitative estimate of drug-likeness (QED) is 0.837. The first kappa shape index (κ1) is 19.5. The van der Waals surface area contributed by atoms with Crippen LogP contribution in [0.1, 0.15) is 28.8 Å². The minimum atomic E-state index is -0.338. The summed E-state index contributed by atoms with van der Waals surface area (Å²) < 4.78 is 5.01. The summed E-state index contributed by atoms with van der Waals surface area (Å²) in [6.45, 7) is 6.23. The number of rotatable bonds is 5. The van der Waals surface area contributed by atoms with Gasteiger partial charge in [-0.3, -0.25) is 9.78 Å². The van der Waals surface area contributed by atoms with E-state index in [4.69, 9.17) is 4.74 Å². The summed E-state index contributed by atoms with van der Waals surface area (Å²) >= 11 is 0. The fraction of sp³-hybridized carbons (Fsp3) is 0.421. The average Bonchev–Trinajstić information content (AvgIpc) is 2.72. The molecule has 3 heterocycles. The van der Waals surface area contributed by atoms with Crippen LogP contribution in [-0.4, -0.2) is 69.5 Å². The van der Waals surface area contributed by atoms with Gasteiger partial charge in [-0.2, -0.15) is 0 Å². The van der Waals surface area contributed by atoms with Crippen molar-refractivity contribution in [2.24, 2.45) is 0 Å². The molecule has 1 aliphatic heterocycles. The number of aryl methyl sites for hydroxylation is 1. The van der Waals surface area contributed by atoms with Crippen LogP contribution in [0.3, 0.4) is 0 Å². The van der Waals surface area contributed by atoms with E-state index in [2.05, 4.69) is 20.3 Å². The van der Waals surface area contributed by atoms with Gasteiger partial charge >= 0.3 is 6.09 Å². The molecule has 0 radical (unpaired) electrons. The molecular weight excluding hydrogens is 360 g/mol. The predicted octanol–water partition coefficient (Wildman–Crippen LogP) is 1.71. The first-order valence-corrected chi connectivity index (χ1v) is 9.26. The number of anilines is 1. The van der Waals surface area contributed by atoms with E-state index in [0.29, 0.717) is 56.7 Å². The number of carbonyl (C=O) groups is 2. The monoisotopic (exact) mass is 384 g/mol. The molecule has 1 aliphatic rings. The smallest absolute Gasteiger partial charge is 0.409 e. The summed E-state index contributed by atoms with van der Waals surface area (Å²) in [5.41, 5.74) is 1.41. The average molecular weight is 384 g/mol. The lowest BCUT2D eigenvalue weighted by Gasteiger charge is -2.33. The molecule has 0 spiro atoms. The van der Waals surface area contributed by atoms with E-state index in [1.54, 1.807) is 42.1 Å². The van der Waals surface area contributed by atoms with E-state index in [-0.39, 0.29) is 12.0 Å². The SMILES string of the molecule is CCOC(=O)N1CCN(C(=O)c2cc(NCc3ccncc3)nc(C)n2)CC1. The second kappa shape index (κ2) is 9.12. The van der Waals surface area contributed by atoms with E-state index >= 15 is 0 Å². The van der Waals surface area contributed by atoms with Crippen LogP contribution in [0.5, 0.6) is 0 Å². The molecule has 2 amide bonds. The highest BCUT2D eigenvalue weighted by Crippen LogP contribution is 2.13. The van der Waals surface area contributed by atoms with Gasteiger partial charge in [-0.15, -0.1) is 0 Å². The molecule has 1 N–H and O–H groups in total. The molecule has 0 atom stereocenters.